The lowest BCUT2D eigenvalue weighted by Crippen LogP contribution is -2.48. The zero-order chi connectivity index (χ0) is 11.4. The highest BCUT2D eigenvalue weighted by molar-refractivity contribution is 7.80. The molecule has 0 aromatic carbocycles. The normalized spacial score (nSPS) is 31.3. The van der Waals surface area contributed by atoms with Gasteiger partial charge in [-0.3, -0.25) is 0 Å². The van der Waals surface area contributed by atoms with Gasteiger partial charge in [0.2, 0.25) is 0 Å². The first-order valence-corrected chi connectivity index (χ1v) is 7.23. The minimum atomic E-state index is 0.607. The Morgan fingerprint density at radius 3 is 2.25 bits per heavy atom. The van der Waals surface area contributed by atoms with Crippen molar-refractivity contribution in [2.75, 3.05) is 0 Å². The average Bonchev–Trinajstić information content (AvgIpc) is 2.74. The van der Waals surface area contributed by atoms with E-state index in [1.165, 1.54) is 51.4 Å². The fraction of sp³-hybridized carbons (Fsp3) is 0.923. The van der Waals surface area contributed by atoms with Gasteiger partial charge in [-0.15, -0.1) is 0 Å². The molecular weight excluding hydrogens is 216 g/mol. The SMILES string of the molecule is C[C@@H]1CCCC[C@H]1NC(=S)NC1CCCC1. The molecule has 0 amide bonds. The zero-order valence-electron chi connectivity index (χ0n) is 10.3. The van der Waals surface area contributed by atoms with Crippen molar-refractivity contribution in [1.82, 2.24) is 10.6 Å². The number of rotatable bonds is 2. The fourth-order valence-corrected chi connectivity index (χ4v) is 3.31. The molecule has 0 aliphatic heterocycles. The minimum Gasteiger partial charge on any atom is -0.360 e. The summed E-state index contributed by atoms with van der Waals surface area (Å²) in [4.78, 5) is 0. The second-order valence-electron chi connectivity index (χ2n) is 5.47. The van der Waals surface area contributed by atoms with Crippen LogP contribution in [0, 0.1) is 5.92 Å². The van der Waals surface area contributed by atoms with Crippen LogP contribution in [0.15, 0.2) is 0 Å². The van der Waals surface area contributed by atoms with Crippen molar-refractivity contribution in [1.29, 1.82) is 0 Å². The Morgan fingerprint density at radius 2 is 1.56 bits per heavy atom. The van der Waals surface area contributed by atoms with E-state index in [0.29, 0.717) is 12.1 Å². The molecule has 0 unspecified atom stereocenters. The summed E-state index contributed by atoms with van der Waals surface area (Å²) in [5.41, 5.74) is 0. The molecule has 2 saturated carbocycles. The Balaban J connectivity index is 1.72. The average molecular weight is 240 g/mol. The van der Waals surface area contributed by atoms with Crippen LogP contribution in [0.4, 0.5) is 0 Å². The first-order chi connectivity index (χ1) is 7.75. The van der Waals surface area contributed by atoms with Gasteiger partial charge < -0.3 is 10.6 Å². The van der Waals surface area contributed by atoms with Gasteiger partial charge >= 0.3 is 0 Å². The highest BCUT2D eigenvalue weighted by Crippen LogP contribution is 2.24. The number of nitrogens with one attached hydrogen (secondary N) is 2. The Hall–Kier alpha value is -0.310. The molecule has 2 nitrogen and oxygen atoms in total. The molecule has 2 aliphatic rings. The van der Waals surface area contributed by atoms with Crippen molar-refractivity contribution >= 4 is 17.3 Å². The van der Waals surface area contributed by atoms with E-state index in [1.807, 2.05) is 0 Å². The van der Waals surface area contributed by atoms with Gasteiger partial charge in [0.15, 0.2) is 5.11 Å². The predicted octanol–water partition coefficient (Wildman–Crippen LogP) is 2.97. The lowest BCUT2D eigenvalue weighted by atomic mass is 9.86. The lowest BCUT2D eigenvalue weighted by Gasteiger charge is -2.31. The van der Waals surface area contributed by atoms with Crippen LogP contribution < -0.4 is 10.6 Å². The first-order valence-electron chi connectivity index (χ1n) is 6.83. The molecule has 0 aromatic rings. The van der Waals surface area contributed by atoms with Gasteiger partial charge in [-0.1, -0.05) is 32.6 Å². The highest BCUT2D eigenvalue weighted by atomic mass is 32.1. The van der Waals surface area contributed by atoms with E-state index in [9.17, 15) is 0 Å². The van der Waals surface area contributed by atoms with E-state index in [1.54, 1.807) is 0 Å². The minimum absolute atomic E-state index is 0.607. The number of hydrogen-bond acceptors (Lipinski definition) is 1. The van der Waals surface area contributed by atoms with Crippen LogP contribution in [0.25, 0.3) is 0 Å². The van der Waals surface area contributed by atoms with Crippen LogP contribution in [0.5, 0.6) is 0 Å². The summed E-state index contributed by atoms with van der Waals surface area (Å²) in [5.74, 6) is 0.775. The van der Waals surface area contributed by atoms with Gasteiger partial charge in [-0.25, -0.2) is 0 Å². The summed E-state index contributed by atoms with van der Waals surface area (Å²) in [6.45, 7) is 2.34. The van der Waals surface area contributed by atoms with Crippen LogP contribution in [0.3, 0.4) is 0 Å². The zero-order valence-corrected chi connectivity index (χ0v) is 11.1. The number of hydrogen-bond donors (Lipinski definition) is 2. The summed E-state index contributed by atoms with van der Waals surface area (Å²) >= 11 is 5.40. The molecule has 0 spiro atoms. The quantitative estimate of drug-likeness (QED) is 0.726. The van der Waals surface area contributed by atoms with Crippen molar-refractivity contribution in [2.24, 2.45) is 5.92 Å². The van der Waals surface area contributed by atoms with E-state index < -0.39 is 0 Å². The molecule has 2 aliphatic carbocycles. The second-order valence-corrected chi connectivity index (χ2v) is 5.88. The molecule has 2 fully saturated rings. The van der Waals surface area contributed by atoms with Gasteiger partial charge in [0.1, 0.15) is 0 Å². The van der Waals surface area contributed by atoms with Crippen LogP contribution in [0.2, 0.25) is 0 Å². The maximum absolute atomic E-state index is 5.40. The van der Waals surface area contributed by atoms with Crippen LogP contribution in [0.1, 0.15) is 58.3 Å². The number of thiocarbonyl (C=S) groups is 1. The van der Waals surface area contributed by atoms with Crippen molar-refractivity contribution < 1.29 is 0 Å². The third kappa shape index (κ3) is 3.34. The van der Waals surface area contributed by atoms with Crippen LogP contribution in [-0.4, -0.2) is 17.2 Å². The summed E-state index contributed by atoms with van der Waals surface area (Å²) < 4.78 is 0. The largest absolute Gasteiger partial charge is 0.360 e. The molecule has 16 heavy (non-hydrogen) atoms. The molecule has 3 heteroatoms. The Morgan fingerprint density at radius 1 is 0.938 bits per heavy atom. The molecule has 2 N–H and O–H groups in total. The lowest BCUT2D eigenvalue weighted by molar-refractivity contribution is 0.307. The maximum Gasteiger partial charge on any atom is 0.166 e. The van der Waals surface area contributed by atoms with Crippen molar-refractivity contribution in [3.05, 3.63) is 0 Å². The third-order valence-corrected chi connectivity index (χ3v) is 4.35. The van der Waals surface area contributed by atoms with Crippen molar-refractivity contribution in [2.45, 2.75) is 70.4 Å². The van der Waals surface area contributed by atoms with Crippen molar-refractivity contribution in [3.63, 3.8) is 0 Å². The molecular formula is C13H24N2S. The Labute approximate surface area is 105 Å². The molecule has 0 bridgehead atoms. The van der Waals surface area contributed by atoms with Crippen LogP contribution in [-0.2, 0) is 0 Å². The van der Waals surface area contributed by atoms with Gasteiger partial charge in [0.25, 0.3) is 0 Å². The van der Waals surface area contributed by atoms with Gasteiger partial charge in [0, 0.05) is 12.1 Å². The summed E-state index contributed by atoms with van der Waals surface area (Å²) in [6, 6.07) is 1.24. The fourth-order valence-electron chi connectivity index (χ4n) is 3.00. The molecule has 2 rings (SSSR count). The predicted molar refractivity (Wildman–Crippen MR) is 72.5 cm³/mol. The standard InChI is InChI=1S/C13H24N2S/c1-10-6-2-5-9-12(10)15-13(16)14-11-7-3-4-8-11/h10-12H,2-9H2,1H3,(H2,14,15,16)/t10-,12-/m1/s1. The van der Waals surface area contributed by atoms with E-state index in [2.05, 4.69) is 17.6 Å². The van der Waals surface area contributed by atoms with Crippen LogP contribution >= 0.6 is 12.2 Å². The Kier molecular flexibility index (Phi) is 4.45. The highest BCUT2D eigenvalue weighted by Gasteiger charge is 2.22. The molecule has 2 atom stereocenters. The molecule has 0 saturated heterocycles. The van der Waals surface area contributed by atoms with Gasteiger partial charge in [-0.2, -0.15) is 0 Å². The van der Waals surface area contributed by atoms with E-state index in [0.717, 1.165) is 11.0 Å². The third-order valence-electron chi connectivity index (χ3n) is 4.12. The van der Waals surface area contributed by atoms with E-state index in [4.69, 9.17) is 12.2 Å². The Bertz CT molecular complexity index is 236. The first kappa shape index (κ1) is 12.2. The maximum atomic E-state index is 5.40. The van der Waals surface area contributed by atoms with E-state index >= 15 is 0 Å². The molecule has 0 heterocycles. The monoisotopic (exact) mass is 240 g/mol. The summed E-state index contributed by atoms with van der Waals surface area (Å²) in [5, 5.41) is 7.88. The topological polar surface area (TPSA) is 24.1 Å². The molecule has 0 aromatic heterocycles. The molecule has 92 valence electrons. The van der Waals surface area contributed by atoms with Gasteiger partial charge in [0.05, 0.1) is 0 Å². The van der Waals surface area contributed by atoms with Gasteiger partial charge in [-0.05, 0) is 43.8 Å². The van der Waals surface area contributed by atoms with E-state index in [-0.39, 0.29) is 0 Å². The molecule has 0 radical (unpaired) electrons. The summed E-state index contributed by atoms with van der Waals surface area (Å²) in [6.07, 6.45) is 10.7. The summed E-state index contributed by atoms with van der Waals surface area (Å²) in [7, 11) is 0. The second kappa shape index (κ2) is 5.85. The van der Waals surface area contributed by atoms with Crippen molar-refractivity contribution in [3.8, 4) is 0 Å². The smallest absolute Gasteiger partial charge is 0.166 e.